The Labute approximate surface area is 164 Å². The second kappa shape index (κ2) is 7.69. The van der Waals surface area contributed by atoms with Crippen LogP contribution in [0.5, 0.6) is 0 Å². The summed E-state index contributed by atoms with van der Waals surface area (Å²) in [5, 5.41) is 3.51. The van der Waals surface area contributed by atoms with Gasteiger partial charge in [0.1, 0.15) is 11.5 Å². The fourth-order valence-corrected chi connectivity index (χ4v) is 3.52. The van der Waals surface area contributed by atoms with E-state index in [1.54, 1.807) is 6.07 Å². The highest BCUT2D eigenvalue weighted by Gasteiger charge is 2.17. The molecule has 0 aliphatic heterocycles. The summed E-state index contributed by atoms with van der Waals surface area (Å²) in [5.74, 6) is 1.59. The predicted molar refractivity (Wildman–Crippen MR) is 107 cm³/mol. The van der Waals surface area contributed by atoms with Crippen LogP contribution in [0, 0.1) is 13.8 Å². The van der Waals surface area contributed by atoms with E-state index < -0.39 is 0 Å². The first-order valence-electron chi connectivity index (χ1n) is 8.95. The smallest absolute Gasteiger partial charge is 0.287 e. The lowest BCUT2D eigenvalue weighted by Crippen LogP contribution is -2.21. The third-order valence-corrected chi connectivity index (χ3v) is 5.37. The molecular formula is C22H25NO3S. The standard InChI is InChI=1S/C22H25NO3S/c1-14-6-8-16(22(3,4)5)12-19(14)27-20-11-10-18(26-20)21(24)23-13-17-9-7-15(2)25-17/h6-12H,13H2,1-5H3,(H,23,24). The first kappa shape index (κ1) is 19.4. The van der Waals surface area contributed by atoms with Gasteiger partial charge in [0.05, 0.1) is 6.54 Å². The van der Waals surface area contributed by atoms with Crippen molar-refractivity contribution in [3.05, 3.63) is 70.9 Å². The summed E-state index contributed by atoms with van der Waals surface area (Å²) >= 11 is 1.54. The molecule has 0 bridgehead atoms. The third kappa shape index (κ3) is 4.86. The molecule has 3 aromatic rings. The molecule has 0 aliphatic carbocycles. The minimum Gasteiger partial charge on any atom is -0.465 e. The maximum absolute atomic E-state index is 12.3. The van der Waals surface area contributed by atoms with E-state index in [2.05, 4.69) is 51.2 Å². The Bertz CT molecular complexity index is 947. The second-order valence-electron chi connectivity index (χ2n) is 7.65. The normalized spacial score (nSPS) is 11.6. The minimum atomic E-state index is -0.254. The Hall–Kier alpha value is -2.40. The number of nitrogens with one attached hydrogen (secondary N) is 1. The molecule has 3 rings (SSSR count). The van der Waals surface area contributed by atoms with Gasteiger partial charge in [0.2, 0.25) is 0 Å². The Morgan fingerprint density at radius 2 is 1.81 bits per heavy atom. The van der Waals surface area contributed by atoms with Gasteiger partial charge < -0.3 is 14.2 Å². The monoisotopic (exact) mass is 383 g/mol. The highest BCUT2D eigenvalue weighted by molar-refractivity contribution is 7.99. The van der Waals surface area contributed by atoms with E-state index >= 15 is 0 Å². The maximum Gasteiger partial charge on any atom is 0.287 e. The van der Waals surface area contributed by atoms with Crippen molar-refractivity contribution in [2.24, 2.45) is 0 Å². The summed E-state index contributed by atoms with van der Waals surface area (Å²) in [5.41, 5.74) is 2.54. The fourth-order valence-electron chi connectivity index (χ4n) is 2.62. The molecule has 0 saturated heterocycles. The van der Waals surface area contributed by atoms with Gasteiger partial charge in [-0.2, -0.15) is 0 Å². The van der Waals surface area contributed by atoms with Crippen LogP contribution in [0.25, 0.3) is 0 Å². The molecule has 0 spiro atoms. The lowest BCUT2D eigenvalue weighted by atomic mass is 9.87. The Balaban J connectivity index is 1.68. The minimum absolute atomic E-state index is 0.0847. The lowest BCUT2D eigenvalue weighted by Gasteiger charge is -2.20. The van der Waals surface area contributed by atoms with Gasteiger partial charge in [0.15, 0.2) is 10.9 Å². The molecular weight excluding hydrogens is 358 g/mol. The highest BCUT2D eigenvalue weighted by Crippen LogP contribution is 2.34. The maximum atomic E-state index is 12.3. The zero-order valence-electron chi connectivity index (χ0n) is 16.4. The van der Waals surface area contributed by atoms with Crippen molar-refractivity contribution in [2.45, 2.75) is 56.6 Å². The van der Waals surface area contributed by atoms with Gasteiger partial charge in [0.25, 0.3) is 5.91 Å². The zero-order chi connectivity index (χ0) is 19.6. The van der Waals surface area contributed by atoms with Crippen molar-refractivity contribution >= 4 is 17.7 Å². The van der Waals surface area contributed by atoms with Crippen molar-refractivity contribution in [1.82, 2.24) is 5.32 Å². The van der Waals surface area contributed by atoms with Gasteiger partial charge in [-0.1, -0.05) is 44.7 Å². The second-order valence-corrected chi connectivity index (χ2v) is 8.69. The number of aryl methyl sites for hydroxylation is 2. The highest BCUT2D eigenvalue weighted by atomic mass is 32.2. The third-order valence-electron chi connectivity index (χ3n) is 4.29. The van der Waals surface area contributed by atoms with Crippen LogP contribution in [-0.4, -0.2) is 5.91 Å². The lowest BCUT2D eigenvalue weighted by molar-refractivity contribution is 0.0915. The molecule has 0 saturated carbocycles. The van der Waals surface area contributed by atoms with Crippen LogP contribution in [-0.2, 0) is 12.0 Å². The van der Waals surface area contributed by atoms with Crippen molar-refractivity contribution in [2.75, 3.05) is 0 Å². The molecule has 0 aliphatic rings. The van der Waals surface area contributed by atoms with Crippen molar-refractivity contribution in [1.29, 1.82) is 0 Å². The summed E-state index contributed by atoms with van der Waals surface area (Å²) in [6.45, 7) is 10.9. The molecule has 2 aromatic heterocycles. The molecule has 2 heterocycles. The van der Waals surface area contributed by atoms with E-state index in [9.17, 15) is 4.79 Å². The van der Waals surface area contributed by atoms with E-state index in [0.29, 0.717) is 17.4 Å². The predicted octanol–water partition coefficient (Wildman–Crippen LogP) is 5.87. The van der Waals surface area contributed by atoms with Gasteiger partial charge in [0, 0.05) is 4.90 Å². The van der Waals surface area contributed by atoms with Gasteiger partial charge in [-0.3, -0.25) is 4.79 Å². The van der Waals surface area contributed by atoms with Crippen LogP contribution in [0.4, 0.5) is 0 Å². The summed E-state index contributed by atoms with van der Waals surface area (Å²) in [6.07, 6.45) is 0. The van der Waals surface area contributed by atoms with Crippen molar-refractivity contribution in [3.8, 4) is 0 Å². The quantitative estimate of drug-likeness (QED) is 0.599. The van der Waals surface area contributed by atoms with Crippen LogP contribution in [0.2, 0.25) is 0 Å². The molecule has 142 valence electrons. The summed E-state index contributed by atoms with van der Waals surface area (Å²) in [4.78, 5) is 13.4. The molecule has 5 heteroatoms. The molecule has 0 atom stereocenters. The van der Waals surface area contributed by atoms with Gasteiger partial charge in [-0.15, -0.1) is 0 Å². The number of hydrogen-bond donors (Lipinski definition) is 1. The molecule has 0 unspecified atom stereocenters. The van der Waals surface area contributed by atoms with E-state index in [0.717, 1.165) is 16.4 Å². The van der Waals surface area contributed by atoms with Gasteiger partial charge in [-0.05, 0) is 60.7 Å². The molecule has 0 radical (unpaired) electrons. The van der Waals surface area contributed by atoms with E-state index in [-0.39, 0.29) is 11.3 Å². The number of carbonyl (C=O) groups is 1. The van der Waals surface area contributed by atoms with Crippen LogP contribution in [0.1, 0.15) is 54.0 Å². The Morgan fingerprint density at radius 1 is 1.04 bits per heavy atom. The van der Waals surface area contributed by atoms with E-state index in [1.807, 2.05) is 25.1 Å². The first-order chi connectivity index (χ1) is 12.7. The molecule has 4 nitrogen and oxygen atoms in total. The number of carbonyl (C=O) groups excluding carboxylic acids is 1. The number of amides is 1. The topological polar surface area (TPSA) is 55.4 Å². The first-order valence-corrected chi connectivity index (χ1v) is 9.76. The molecule has 1 N–H and O–H groups in total. The number of rotatable bonds is 5. The largest absolute Gasteiger partial charge is 0.465 e. The number of hydrogen-bond acceptors (Lipinski definition) is 4. The molecule has 0 fully saturated rings. The average molecular weight is 384 g/mol. The number of benzene rings is 1. The van der Waals surface area contributed by atoms with Crippen LogP contribution >= 0.6 is 11.8 Å². The van der Waals surface area contributed by atoms with E-state index in [1.165, 1.54) is 22.9 Å². The molecule has 27 heavy (non-hydrogen) atoms. The van der Waals surface area contributed by atoms with Crippen LogP contribution < -0.4 is 5.32 Å². The fraction of sp³-hybridized carbons (Fsp3) is 0.318. The van der Waals surface area contributed by atoms with Crippen molar-refractivity contribution in [3.63, 3.8) is 0 Å². The van der Waals surface area contributed by atoms with Crippen molar-refractivity contribution < 1.29 is 13.6 Å². The van der Waals surface area contributed by atoms with Gasteiger partial charge in [-0.25, -0.2) is 0 Å². The summed E-state index contributed by atoms with van der Waals surface area (Å²) < 4.78 is 11.2. The summed E-state index contributed by atoms with van der Waals surface area (Å²) in [7, 11) is 0. The zero-order valence-corrected chi connectivity index (χ0v) is 17.2. The van der Waals surface area contributed by atoms with E-state index in [4.69, 9.17) is 8.83 Å². The Morgan fingerprint density at radius 3 is 2.48 bits per heavy atom. The number of furan rings is 2. The van der Waals surface area contributed by atoms with Crippen LogP contribution in [0.3, 0.4) is 0 Å². The SMILES string of the molecule is Cc1ccc(CNC(=O)c2ccc(Sc3cc(C(C)(C)C)ccc3C)o2)o1. The average Bonchev–Trinajstić information content (AvgIpc) is 3.23. The van der Waals surface area contributed by atoms with Gasteiger partial charge >= 0.3 is 0 Å². The van der Waals surface area contributed by atoms with Crippen LogP contribution in [0.15, 0.2) is 61.3 Å². The summed E-state index contributed by atoms with van der Waals surface area (Å²) in [6, 6.07) is 13.7. The molecule has 1 amide bonds. The molecule has 1 aromatic carbocycles. The Kier molecular flexibility index (Phi) is 5.51.